The first-order valence-electron chi connectivity index (χ1n) is 10.1. The summed E-state index contributed by atoms with van der Waals surface area (Å²) < 4.78 is 1.67. The van der Waals surface area contributed by atoms with Crippen LogP contribution in [0.5, 0.6) is 0 Å². The third-order valence-corrected chi connectivity index (χ3v) is 5.74. The number of benzene rings is 2. The Balaban J connectivity index is 1.45. The highest BCUT2D eigenvalue weighted by Crippen LogP contribution is 2.25. The Morgan fingerprint density at radius 2 is 1.86 bits per heavy atom. The number of carbonyl (C=O) groups excluding carboxylic acids is 1. The minimum Gasteiger partial charge on any atom is -0.384 e. The Hall–Kier alpha value is -2.79. The quantitative estimate of drug-likeness (QED) is 0.617. The van der Waals surface area contributed by atoms with Crippen molar-refractivity contribution < 1.29 is 4.79 Å². The summed E-state index contributed by atoms with van der Waals surface area (Å²) in [6, 6.07) is 16.7. The third kappa shape index (κ3) is 4.62. The average Bonchev–Trinajstić information content (AvgIpc) is 3.14. The van der Waals surface area contributed by atoms with Crippen LogP contribution in [0.1, 0.15) is 42.5 Å². The van der Waals surface area contributed by atoms with Gasteiger partial charge in [0.05, 0.1) is 11.4 Å². The molecule has 0 radical (unpaired) electrons. The smallest absolute Gasteiger partial charge is 0.251 e. The fourth-order valence-corrected chi connectivity index (χ4v) is 4.07. The summed E-state index contributed by atoms with van der Waals surface area (Å²) in [5.41, 5.74) is 9.27. The Labute approximate surface area is 175 Å². The van der Waals surface area contributed by atoms with Gasteiger partial charge in [-0.15, -0.1) is 0 Å². The van der Waals surface area contributed by atoms with E-state index in [1.807, 2.05) is 54.6 Å². The summed E-state index contributed by atoms with van der Waals surface area (Å²) in [6.45, 7) is 0.760. The topological polar surface area (TPSA) is 72.9 Å². The highest BCUT2D eigenvalue weighted by atomic mass is 35.5. The predicted molar refractivity (Wildman–Crippen MR) is 117 cm³/mol. The van der Waals surface area contributed by atoms with E-state index in [1.165, 1.54) is 32.1 Å². The molecule has 0 aliphatic heterocycles. The summed E-state index contributed by atoms with van der Waals surface area (Å²) in [5, 5.41) is 8.32. The Morgan fingerprint density at radius 3 is 2.59 bits per heavy atom. The second-order valence-electron chi connectivity index (χ2n) is 7.64. The molecule has 4 rings (SSSR count). The van der Waals surface area contributed by atoms with Gasteiger partial charge in [-0.05, 0) is 55.2 Å². The number of amides is 1. The minimum atomic E-state index is -0.0322. The van der Waals surface area contributed by atoms with Crippen LogP contribution in [0.4, 0.5) is 5.82 Å². The van der Waals surface area contributed by atoms with E-state index in [2.05, 4.69) is 10.4 Å². The molecule has 1 aromatic heterocycles. The summed E-state index contributed by atoms with van der Waals surface area (Å²) in [7, 11) is 0. The molecule has 2 aromatic carbocycles. The molecule has 1 heterocycles. The molecule has 1 fully saturated rings. The van der Waals surface area contributed by atoms with E-state index < -0.39 is 0 Å². The highest BCUT2D eigenvalue weighted by molar-refractivity contribution is 6.30. The molecule has 1 aliphatic carbocycles. The van der Waals surface area contributed by atoms with Gasteiger partial charge in [-0.1, -0.05) is 43.0 Å². The number of nitrogen functional groups attached to an aromatic ring is 1. The van der Waals surface area contributed by atoms with Crippen LogP contribution < -0.4 is 11.1 Å². The molecule has 0 unspecified atom stereocenters. The molecule has 3 aromatic rings. The van der Waals surface area contributed by atoms with Gasteiger partial charge >= 0.3 is 0 Å². The second kappa shape index (κ2) is 8.70. The summed E-state index contributed by atoms with van der Waals surface area (Å²) >= 11 is 6.08. The van der Waals surface area contributed by atoms with Crippen molar-refractivity contribution in [2.45, 2.75) is 32.1 Å². The van der Waals surface area contributed by atoms with Crippen molar-refractivity contribution in [2.24, 2.45) is 5.92 Å². The maximum Gasteiger partial charge on any atom is 0.251 e. The molecular formula is C23H25ClN4O. The van der Waals surface area contributed by atoms with Crippen molar-refractivity contribution in [3.05, 3.63) is 65.2 Å². The van der Waals surface area contributed by atoms with E-state index >= 15 is 0 Å². The molecule has 1 aliphatic rings. The van der Waals surface area contributed by atoms with Crippen LogP contribution >= 0.6 is 11.6 Å². The largest absolute Gasteiger partial charge is 0.384 e. The normalized spacial score (nSPS) is 14.7. The summed E-state index contributed by atoms with van der Waals surface area (Å²) in [6.07, 6.45) is 6.30. The lowest BCUT2D eigenvalue weighted by Crippen LogP contribution is -2.30. The number of rotatable bonds is 5. The van der Waals surface area contributed by atoms with Crippen molar-refractivity contribution in [3.8, 4) is 16.9 Å². The van der Waals surface area contributed by atoms with Gasteiger partial charge in [0.15, 0.2) is 0 Å². The first-order valence-corrected chi connectivity index (χ1v) is 10.5. The third-order valence-electron chi connectivity index (χ3n) is 5.51. The predicted octanol–water partition coefficient (Wildman–Crippen LogP) is 5.09. The zero-order valence-corrected chi connectivity index (χ0v) is 17.0. The van der Waals surface area contributed by atoms with Crippen molar-refractivity contribution >= 4 is 23.3 Å². The second-order valence-corrected chi connectivity index (χ2v) is 8.07. The number of halogens is 1. The number of anilines is 1. The lowest BCUT2D eigenvalue weighted by Gasteiger charge is -2.21. The first kappa shape index (κ1) is 19.5. The SMILES string of the molecule is Nc1cc(-c2cccc(Cl)c2)nn1-c1ccc(C(=O)NCC2CCCCC2)cc1. The van der Waals surface area contributed by atoms with E-state index in [4.69, 9.17) is 17.3 Å². The van der Waals surface area contributed by atoms with E-state index in [0.29, 0.717) is 22.3 Å². The molecule has 3 N–H and O–H groups in total. The molecule has 1 saturated carbocycles. The van der Waals surface area contributed by atoms with Gasteiger partial charge in [0.1, 0.15) is 5.82 Å². The van der Waals surface area contributed by atoms with Gasteiger partial charge < -0.3 is 11.1 Å². The number of aromatic nitrogens is 2. The van der Waals surface area contributed by atoms with Gasteiger partial charge in [-0.3, -0.25) is 4.79 Å². The average molecular weight is 409 g/mol. The molecule has 0 atom stereocenters. The Bertz CT molecular complexity index is 990. The number of nitrogens with zero attached hydrogens (tertiary/aromatic N) is 2. The molecule has 0 spiro atoms. The van der Waals surface area contributed by atoms with Crippen molar-refractivity contribution in [1.29, 1.82) is 0 Å². The molecule has 0 saturated heterocycles. The van der Waals surface area contributed by atoms with Crippen LogP contribution in [0.2, 0.25) is 5.02 Å². The number of nitrogens with two attached hydrogens (primary N) is 1. The Kier molecular flexibility index (Phi) is 5.86. The Morgan fingerprint density at radius 1 is 1.10 bits per heavy atom. The van der Waals surface area contributed by atoms with Gasteiger partial charge in [0.2, 0.25) is 0 Å². The molecule has 29 heavy (non-hydrogen) atoms. The van der Waals surface area contributed by atoms with Crippen LogP contribution in [0.15, 0.2) is 54.6 Å². The monoisotopic (exact) mass is 408 g/mol. The molecule has 0 bridgehead atoms. The van der Waals surface area contributed by atoms with Crippen molar-refractivity contribution in [2.75, 3.05) is 12.3 Å². The van der Waals surface area contributed by atoms with Crippen molar-refractivity contribution in [3.63, 3.8) is 0 Å². The van der Waals surface area contributed by atoms with E-state index in [-0.39, 0.29) is 5.91 Å². The number of hydrogen-bond donors (Lipinski definition) is 2. The van der Waals surface area contributed by atoms with E-state index in [0.717, 1.165) is 23.5 Å². The van der Waals surface area contributed by atoms with Gasteiger partial charge in [-0.25, -0.2) is 4.68 Å². The fraction of sp³-hybridized carbons (Fsp3) is 0.304. The molecule has 1 amide bonds. The van der Waals surface area contributed by atoms with Crippen LogP contribution in [0.25, 0.3) is 16.9 Å². The van der Waals surface area contributed by atoms with Crippen LogP contribution in [0.3, 0.4) is 0 Å². The lowest BCUT2D eigenvalue weighted by atomic mass is 9.89. The standard InChI is InChI=1S/C23H25ClN4O/c24-19-8-4-7-18(13-19)21-14-22(25)28(27-21)20-11-9-17(10-12-20)23(29)26-15-16-5-2-1-3-6-16/h4,7-14,16H,1-3,5-6,15,25H2,(H,26,29). The van der Waals surface area contributed by atoms with Gasteiger partial charge in [0.25, 0.3) is 5.91 Å². The van der Waals surface area contributed by atoms with E-state index in [9.17, 15) is 4.79 Å². The van der Waals surface area contributed by atoms with Crippen LogP contribution in [0, 0.1) is 5.92 Å². The summed E-state index contributed by atoms with van der Waals surface area (Å²) in [4.78, 5) is 12.5. The lowest BCUT2D eigenvalue weighted by molar-refractivity contribution is 0.0943. The van der Waals surface area contributed by atoms with Crippen LogP contribution in [-0.4, -0.2) is 22.2 Å². The first-order chi connectivity index (χ1) is 14.1. The zero-order valence-electron chi connectivity index (χ0n) is 16.3. The molecule has 150 valence electrons. The molecule has 6 heteroatoms. The van der Waals surface area contributed by atoms with Gasteiger partial charge in [-0.2, -0.15) is 5.10 Å². The molecule has 5 nitrogen and oxygen atoms in total. The summed E-state index contributed by atoms with van der Waals surface area (Å²) in [5.74, 6) is 1.10. The number of nitrogens with one attached hydrogen (secondary N) is 1. The minimum absolute atomic E-state index is 0.0322. The number of hydrogen-bond acceptors (Lipinski definition) is 3. The fourth-order valence-electron chi connectivity index (χ4n) is 3.88. The number of carbonyl (C=O) groups is 1. The molecular weight excluding hydrogens is 384 g/mol. The zero-order chi connectivity index (χ0) is 20.2. The van der Waals surface area contributed by atoms with Gasteiger partial charge in [0, 0.05) is 28.8 Å². The maximum absolute atomic E-state index is 12.5. The van der Waals surface area contributed by atoms with Crippen molar-refractivity contribution in [1.82, 2.24) is 15.1 Å². The van der Waals surface area contributed by atoms with E-state index in [1.54, 1.807) is 4.68 Å². The maximum atomic E-state index is 12.5. The highest BCUT2D eigenvalue weighted by Gasteiger charge is 2.15. The van der Waals surface area contributed by atoms with Crippen LogP contribution in [-0.2, 0) is 0 Å².